The van der Waals surface area contributed by atoms with Crippen molar-refractivity contribution in [3.05, 3.63) is 36.5 Å². The van der Waals surface area contributed by atoms with Gasteiger partial charge in [0, 0.05) is 12.8 Å². The smallest absolute Gasteiger partial charge is 0.472 e. The van der Waals surface area contributed by atoms with Crippen LogP contribution < -0.4 is 5.73 Å². The van der Waals surface area contributed by atoms with Gasteiger partial charge in [0.15, 0.2) is 6.10 Å². The van der Waals surface area contributed by atoms with Gasteiger partial charge >= 0.3 is 25.7 Å². The van der Waals surface area contributed by atoms with Crippen LogP contribution in [0.3, 0.4) is 0 Å². The highest BCUT2D eigenvalue weighted by molar-refractivity contribution is 7.47. The first kappa shape index (κ1) is 50.7. The fraction of sp³-hybridized carbons (Fsp3) is 0.780. The molecule has 0 aliphatic carbocycles. The van der Waals surface area contributed by atoms with Gasteiger partial charge in [-0.15, -0.1) is 0 Å². The third kappa shape index (κ3) is 36.4. The van der Waals surface area contributed by atoms with Crippen LogP contribution >= 0.6 is 7.82 Å². The maximum atomic E-state index is 12.6. The van der Waals surface area contributed by atoms with Crippen molar-refractivity contribution in [1.82, 2.24) is 0 Å². The molecule has 0 spiro atoms. The van der Waals surface area contributed by atoms with E-state index in [1.54, 1.807) is 0 Å². The van der Waals surface area contributed by atoms with Crippen LogP contribution in [-0.2, 0) is 37.5 Å². The number of allylic oxidation sites excluding steroid dienone is 6. The molecule has 0 rings (SSSR count). The molecule has 4 N–H and O–H groups in total. The largest absolute Gasteiger partial charge is 0.480 e. The molecule has 308 valence electrons. The molecular formula is C41H74NO10P. The summed E-state index contributed by atoms with van der Waals surface area (Å²) in [4.78, 5) is 45.8. The van der Waals surface area contributed by atoms with E-state index in [0.717, 1.165) is 38.5 Å². The number of carbonyl (C=O) groups excluding carboxylic acids is 2. The maximum Gasteiger partial charge on any atom is 0.472 e. The number of hydrogen-bond acceptors (Lipinski definition) is 9. The van der Waals surface area contributed by atoms with Crippen molar-refractivity contribution in [3.8, 4) is 0 Å². The number of carbonyl (C=O) groups is 3. The van der Waals surface area contributed by atoms with E-state index >= 15 is 0 Å². The highest BCUT2D eigenvalue weighted by atomic mass is 31.2. The fourth-order valence-corrected chi connectivity index (χ4v) is 6.15. The van der Waals surface area contributed by atoms with E-state index in [0.29, 0.717) is 19.3 Å². The van der Waals surface area contributed by atoms with Gasteiger partial charge in [0.1, 0.15) is 12.6 Å². The quantitative estimate of drug-likeness (QED) is 0.0236. The standard InChI is InChI=1S/C41H74NO10P/c1-3-5-7-9-11-13-15-17-18-19-20-21-23-24-26-28-30-32-39(43)49-34-37(35-50-53(47,48)51-36-38(42)41(45)46)52-40(44)33-31-29-27-25-22-16-14-12-10-8-6-4-2/h17-18,20-21,24,26,37-38H,3-16,19,22-23,25,27-36,42H2,1-2H3,(H,45,46)(H,47,48)/b18-17+,21-20+,26-24+/t37-,38+/m0/s1. The van der Waals surface area contributed by atoms with Crippen molar-refractivity contribution in [2.75, 3.05) is 19.8 Å². The number of esters is 2. The van der Waals surface area contributed by atoms with Crippen LogP contribution in [0.5, 0.6) is 0 Å². The summed E-state index contributed by atoms with van der Waals surface area (Å²) in [7, 11) is -4.72. The van der Waals surface area contributed by atoms with Crippen molar-refractivity contribution in [2.45, 2.75) is 187 Å². The minimum absolute atomic E-state index is 0.151. The predicted molar refractivity (Wildman–Crippen MR) is 212 cm³/mol. The van der Waals surface area contributed by atoms with Gasteiger partial charge in [-0.1, -0.05) is 153 Å². The van der Waals surface area contributed by atoms with Gasteiger partial charge in [-0.05, 0) is 44.9 Å². The lowest BCUT2D eigenvalue weighted by atomic mass is 10.0. The first-order valence-corrected chi connectivity index (χ1v) is 22.0. The molecule has 0 bridgehead atoms. The summed E-state index contributed by atoms with van der Waals surface area (Å²) in [6, 6.07) is -1.53. The average molecular weight is 772 g/mol. The van der Waals surface area contributed by atoms with Crippen molar-refractivity contribution in [3.63, 3.8) is 0 Å². The number of nitrogens with two attached hydrogens (primary N) is 1. The van der Waals surface area contributed by atoms with Gasteiger partial charge in [0.25, 0.3) is 0 Å². The molecule has 0 aliphatic rings. The highest BCUT2D eigenvalue weighted by Gasteiger charge is 2.28. The van der Waals surface area contributed by atoms with Crippen LogP contribution in [0.1, 0.15) is 174 Å². The Bertz CT molecular complexity index is 1050. The second-order valence-corrected chi connectivity index (χ2v) is 15.2. The predicted octanol–water partition coefficient (Wildman–Crippen LogP) is 10.4. The van der Waals surface area contributed by atoms with Crippen LogP contribution in [-0.4, -0.2) is 59.9 Å². The molecule has 0 aromatic rings. The SMILES string of the molecule is CCCCCCCC/C=C/C/C=C/C/C=C/CCCC(=O)OC[C@@H](COP(=O)(O)OC[C@@H](N)C(=O)O)OC(=O)CCCCCCCCCCCCCC. The molecule has 53 heavy (non-hydrogen) atoms. The van der Waals surface area contributed by atoms with Gasteiger partial charge in [0.2, 0.25) is 0 Å². The van der Waals surface area contributed by atoms with Crippen molar-refractivity contribution >= 4 is 25.7 Å². The summed E-state index contributed by atoms with van der Waals surface area (Å²) in [5.41, 5.74) is 5.32. The van der Waals surface area contributed by atoms with Crippen LogP contribution in [0.4, 0.5) is 0 Å². The molecule has 0 fully saturated rings. The van der Waals surface area contributed by atoms with Gasteiger partial charge in [-0.3, -0.25) is 23.4 Å². The molecule has 3 atom stereocenters. The zero-order valence-electron chi connectivity index (χ0n) is 33.1. The summed E-state index contributed by atoms with van der Waals surface area (Å²) in [6.45, 7) is 2.73. The normalized spacial score (nSPS) is 14.2. The number of carboxylic acid groups (broad SMARTS) is 1. The van der Waals surface area contributed by atoms with E-state index in [1.807, 2.05) is 6.08 Å². The average Bonchev–Trinajstić information content (AvgIpc) is 3.13. The van der Waals surface area contributed by atoms with Crippen LogP contribution in [0, 0.1) is 0 Å². The third-order valence-electron chi connectivity index (χ3n) is 8.64. The van der Waals surface area contributed by atoms with Gasteiger partial charge < -0.3 is 25.2 Å². The Labute approximate surface area is 321 Å². The number of hydrogen-bond donors (Lipinski definition) is 3. The van der Waals surface area contributed by atoms with Crippen molar-refractivity contribution < 1.29 is 47.5 Å². The Morgan fingerprint density at radius 3 is 1.55 bits per heavy atom. The highest BCUT2D eigenvalue weighted by Crippen LogP contribution is 2.43. The minimum atomic E-state index is -4.72. The van der Waals surface area contributed by atoms with E-state index in [1.165, 1.54) is 89.9 Å². The first-order valence-electron chi connectivity index (χ1n) is 20.5. The topological polar surface area (TPSA) is 172 Å². The number of rotatable bonds is 38. The Hall–Kier alpha value is -2.30. The Balaban J connectivity index is 4.47. The second-order valence-electron chi connectivity index (χ2n) is 13.8. The molecule has 0 amide bonds. The number of ether oxygens (including phenoxy) is 2. The van der Waals surface area contributed by atoms with Crippen LogP contribution in [0.25, 0.3) is 0 Å². The van der Waals surface area contributed by atoms with Gasteiger partial charge in [-0.25, -0.2) is 4.57 Å². The van der Waals surface area contributed by atoms with Crippen molar-refractivity contribution in [2.24, 2.45) is 5.73 Å². The molecule has 0 saturated heterocycles. The van der Waals surface area contributed by atoms with E-state index in [2.05, 4.69) is 48.8 Å². The lowest BCUT2D eigenvalue weighted by Crippen LogP contribution is -2.34. The first-order chi connectivity index (χ1) is 25.6. The Morgan fingerprint density at radius 1 is 0.585 bits per heavy atom. The van der Waals surface area contributed by atoms with Gasteiger partial charge in [0.05, 0.1) is 13.2 Å². The molecule has 0 heterocycles. The van der Waals surface area contributed by atoms with Crippen LogP contribution in [0.15, 0.2) is 36.5 Å². The fourth-order valence-electron chi connectivity index (χ4n) is 5.37. The lowest BCUT2D eigenvalue weighted by molar-refractivity contribution is -0.161. The Morgan fingerprint density at radius 2 is 1.02 bits per heavy atom. The zero-order valence-corrected chi connectivity index (χ0v) is 34.0. The summed E-state index contributed by atoms with van der Waals surface area (Å²) in [5.74, 6) is -2.44. The molecule has 0 aromatic heterocycles. The van der Waals surface area contributed by atoms with E-state index in [-0.39, 0.29) is 19.4 Å². The number of unbranched alkanes of at least 4 members (excludes halogenated alkanes) is 18. The number of phosphoric ester groups is 1. The van der Waals surface area contributed by atoms with Gasteiger partial charge in [-0.2, -0.15) is 0 Å². The number of phosphoric acid groups is 1. The summed E-state index contributed by atoms with van der Waals surface area (Å²) < 4.78 is 32.5. The molecular weight excluding hydrogens is 697 g/mol. The van der Waals surface area contributed by atoms with Crippen molar-refractivity contribution in [1.29, 1.82) is 0 Å². The molecule has 11 nitrogen and oxygen atoms in total. The summed E-state index contributed by atoms with van der Waals surface area (Å²) >= 11 is 0. The zero-order chi connectivity index (χ0) is 39.3. The third-order valence-corrected chi connectivity index (χ3v) is 9.59. The number of carboxylic acids is 1. The molecule has 0 radical (unpaired) electrons. The molecule has 0 saturated carbocycles. The lowest BCUT2D eigenvalue weighted by Gasteiger charge is -2.20. The molecule has 12 heteroatoms. The van der Waals surface area contributed by atoms with E-state index in [4.69, 9.17) is 24.8 Å². The maximum absolute atomic E-state index is 12.6. The number of aliphatic carboxylic acids is 1. The molecule has 0 aliphatic heterocycles. The monoisotopic (exact) mass is 772 g/mol. The minimum Gasteiger partial charge on any atom is -0.480 e. The van der Waals surface area contributed by atoms with E-state index < -0.39 is 51.1 Å². The summed E-state index contributed by atoms with van der Waals surface area (Å²) in [5, 5.41) is 8.87. The molecule has 1 unspecified atom stereocenters. The summed E-state index contributed by atoms with van der Waals surface area (Å²) in [6.07, 6.45) is 37.9. The molecule has 0 aromatic carbocycles. The van der Waals surface area contributed by atoms with E-state index in [9.17, 15) is 23.8 Å². The Kier molecular flexibility index (Phi) is 35.1. The second kappa shape index (κ2) is 36.7. The van der Waals surface area contributed by atoms with Crippen LogP contribution in [0.2, 0.25) is 0 Å².